The van der Waals surface area contributed by atoms with Crippen molar-refractivity contribution in [1.82, 2.24) is 0 Å². The summed E-state index contributed by atoms with van der Waals surface area (Å²) in [6.07, 6.45) is 47.1. The number of esters is 2. The van der Waals surface area contributed by atoms with Crippen LogP contribution in [-0.4, -0.2) is 49.3 Å². The maximum atomic E-state index is 12.6. The monoisotopic (exact) mass is 796 g/mol. The number of phosphoric ester groups is 1. The molecular weight excluding hydrogens is 713 g/mol. The molecule has 0 aromatic heterocycles. The highest BCUT2D eigenvalue weighted by atomic mass is 31.2. The molecular formula is C45H82NO8P. The van der Waals surface area contributed by atoms with E-state index in [9.17, 15) is 19.0 Å². The Labute approximate surface area is 336 Å². The first kappa shape index (κ1) is 53.0. The van der Waals surface area contributed by atoms with Crippen LogP contribution >= 0.6 is 7.82 Å². The molecule has 0 spiro atoms. The van der Waals surface area contributed by atoms with Gasteiger partial charge in [0.05, 0.1) is 13.2 Å². The molecule has 9 nitrogen and oxygen atoms in total. The van der Waals surface area contributed by atoms with Crippen LogP contribution in [0.1, 0.15) is 194 Å². The third kappa shape index (κ3) is 41.4. The van der Waals surface area contributed by atoms with Crippen molar-refractivity contribution in [2.45, 2.75) is 200 Å². The number of rotatable bonds is 41. The van der Waals surface area contributed by atoms with E-state index in [4.69, 9.17) is 24.3 Å². The minimum Gasteiger partial charge on any atom is -0.462 e. The lowest BCUT2D eigenvalue weighted by Gasteiger charge is -2.19. The van der Waals surface area contributed by atoms with Gasteiger partial charge in [-0.1, -0.05) is 159 Å². The van der Waals surface area contributed by atoms with Crippen LogP contribution in [0.25, 0.3) is 0 Å². The van der Waals surface area contributed by atoms with E-state index < -0.39 is 32.5 Å². The number of unbranched alkanes of at least 4 members (excludes halogenated alkanes) is 20. The number of carbonyl (C=O) groups excluding carboxylic acids is 2. The Morgan fingerprint density at radius 2 is 1.00 bits per heavy atom. The Bertz CT molecular complexity index is 1040. The van der Waals surface area contributed by atoms with Crippen LogP contribution in [0.5, 0.6) is 0 Å². The highest BCUT2D eigenvalue weighted by Crippen LogP contribution is 2.43. The van der Waals surface area contributed by atoms with E-state index >= 15 is 0 Å². The summed E-state index contributed by atoms with van der Waals surface area (Å²) in [5, 5.41) is 0. The van der Waals surface area contributed by atoms with Gasteiger partial charge in [-0.2, -0.15) is 0 Å². The van der Waals surface area contributed by atoms with Crippen LogP contribution in [-0.2, 0) is 32.7 Å². The minimum atomic E-state index is -4.38. The van der Waals surface area contributed by atoms with E-state index in [1.165, 1.54) is 83.5 Å². The van der Waals surface area contributed by atoms with E-state index in [1.807, 2.05) is 0 Å². The quantitative estimate of drug-likeness (QED) is 0.0268. The SMILES string of the molecule is CCC=CCC=CCC=CCCCCCCCC(=O)OCC(COP(=O)(O)OCCN)OC(=O)CCCCCCCCCCCC=CCCCCCCCC. The summed E-state index contributed by atoms with van der Waals surface area (Å²) in [5.41, 5.74) is 5.35. The van der Waals surface area contributed by atoms with Gasteiger partial charge in [-0.3, -0.25) is 18.6 Å². The van der Waals surface area contributed by atoms with E-state index in [1.54, 1.807) is 0 Å². The average molecular weight is 796 g/mol. The van der Waals surface area contributed by atoms with Gasteiger partial charge in [-0.05, 0) is 70.6 Å². The molecule has 0 saturated carbocycles. The van der Waals surface area contributed by atoms with Crippen molar-refractivity contribution in [3.63, 3.8) is 0 Å². The highest BCUT2D eigenvalue weighted by Gasteiger charge is 2.26. The fourth-order valence-electron chi connectivity index (χ4n) is 5.94. The van der Waals surface area contributed by atoms with Gasteiger partial charge in [-0.25, -0.2) is 4.57 Å². The zero-order valence-corrected chi connectivity index (χ0v) is 36.0. The Balaban J connectivity index is 4.15. The molecule has 3 N–H and O–H groups in total. The smallest absolute Gasteiger partial charge is 0.462 e. The first-order valence-corrected chi connectivity index (χ1v) is 23.6. The molecule has 0 radical (unpaired) electrons. The predicted octanol–water partition coefficient (Wildman–Crippen LogP) is 12.7. The number of allylic oxidation sites excluding steroid dienone is 8. The molecule has 0 amide bonds. The number of carbonyl (C=O) groups is 2. The first-order valence-electron chi connectivity index (χ1n) is 22.1. The molecule has 0 saturated heterocycles. The first-order chi connectivity index (χ1) is 26.8. The Morgan fingerprint density at radius 1 is 0.564 bits per heavy atom. The zero-order valence-electron chi connectivity index (χ0n) is 35.2. The van der Waals surface area contributed by atoms with Crippen molar-refractivity contribution in [3.8, 4) is 0 Å². The summed E-state index contributed by atoms with van der Waals surface area (Å²) in [7, 11) is -4.38. The molecule has 2 atom stereocenters. The Kier molecular flexibility index (Phi) is 40.1. The Hall–Kier alpha value is -2.03. The zero-order chi connectivity index (χ0) is 40.3. The summed E-state index contributed by atoms with van der Waals surface area (Å²) < 4.78 is 32.8. The Morgan fingerprint density at radius 3 is 1.51 bits per heavy atom. The molecule has 0 aliphatic carbocycles. The standard InChI is InChI=1S/C45H82NO8P/c1-3-5-7-9-11-13-15-17-19-20-21-22-24-26-28-30-32-34-36-38-45(48)54-43(42-53-55(49,50)52-40-39-46)41-51-44(47)37-35-33-31-29-27-25-23-18-16-14-12-10-8-6-4-2/h6,8,12,14,17-19,23,43H,3-5,7,9-11,13,15-16,20-22,24-42,46H2,1-2H3,(H,49,50). The maximum absolute atomic E-state index is 12.6. The van der Waals surface area contributed by atoms with Crippen molar-refractivity contribution in [2.75, 3.05) is 26.4 Å². The third-order valence-electron chi connectivity index (χ3n) is 9.20. The number of phosphoric acid groups is 1. The number of nitrogens with two attached hydrogens (primary N) is 1. The van der Waals surface area contributed by atoms with E-state index in [-0.39, 0.29) is 32.6 Å². The van der Waals surface area contributed by atoms with Crippen molar-refractivity contribution in [1.29, 1.82) is 0 Å². The molecule has 0 aliphatic rings. The second-order valence-corrected chi connectivity index (χ2v) is 16.0. The molecule has 10 heteroatoms. The largest absolute Gasteiger partial charge is 0.472 e. The fourth-order valence-corrected chi connectivity index (χ4v) is 6.70. The number of ether oxygens (including phenoxy) is 2. The van der Waals surface area contributed by atoms with Gasteiger partial charge < -0.3 is 20.1 Å². The highest BCUT2D eigenvalue weighted by molar-refractivity contribution is 7.47. The van der Waals surface area contributed by atoms with Crippen LogP contribution in [0.4, 0.5) is 0 Å². The van der Waals surface area contributed by atoms with Gasteiger partial charge in [0.1, 0.15) is 6.61 Å². The predicted molar refractivity (Wildman–Crippen MR) is 229 cm³/mol. The normalized spacial score (nSPS) is 13.7. The van der Waals surface area contributed by atoms with Gasteiger partial charge in [0.2, 0.25) is 0 Å². The third-order valence-corrected chi connectivity index (χ3v) is 10.2. The lowest BCUT2D eigenvalue weighted by Crippen LogP contribution is -2.29. The number of hydrogen-bond donors (Lipinski definition) is 2. The molecule has 2 unspecified atom stereocenters. The molecule has 0 heterocycles. The molecule has 0 aliphatic heterocycles. The van der Waals surface area contributed by atoms with Crippen molar-refractivity contribution >= 4 is 19.8 Å². The van der Waals surface area contributed by atoms with Crippen LogP contribution in [0.2, 0.25) is 0 Å². The summed E-state index contributed by atoms with van der Waals surface area (Å²) in [4.78, 5) is 34.9. The molecule has 0 fully saturated rings. The van der Waals surface area contributed by atoms with E-state index in [2.05, 4.69) is 62.5 Å². The van der Waals surface area contributed by atoms with Crippen molar-refractivity contribution in [3.05, 3.63) is 48.6 Å². The molecule has 0 bridgehead atoms. The van der Waals surface area contributed by atoms with Crippen LogP contribution in [0.3, 0.4) is 0 Å². The summed E-state index contributed by atoms with van der Waals surface area (Å²) in [6, 6.07) is 0. The molecule has 320 valence electrons. The fraction of sp³-hybridized carbons (Fsp3) is 0.778. The minimum absolute atomic E-state index is 0.0493. The van der Waals surface area contributed by atoms with E-state index in [0.29, 0.717) is 12.8 Å². The van der Waals surface area contributed by atoms with E-state index in [0.717, 1.165) is 70.6 Å². The van der Waals surface area contributed by atoms with Crippen LogP contribution in [0.15, 0.2) is 48.6 Å². The average Bonchev–Trinajstić information content (AvgIpc) is 3.17. The summed E-state index contributed by atoms with van der Waals surface area (Å²) in [5.74, 6) is -0.850. The summed E-state index contributed by atoms with van der Waals surface area (Å²) in [6.45, 7) is 3.60. The van der Waals surface area contributed by atoms with Gasteiger partial charge >= 0.3 is 19.8 Å². The van der Waals surface area contributed by atoms with Gasteiger partial charge in [0, 0.05) is 19.4 Å². The molecule has 0 aromatic carbocycles. The summed E-state index contributed by atoms with van der Waals surface area (Å²) >= 11 is 0. The van der Waals surface area contributed by atoms with Gasteiger partial charge in [0.25, 0.3) is 0 Å². The van der Waals surface area contributed by atoms with Gasteiger partial charge in [0.15, 0.2) is 6.10 Å². The topological polar surface area (TPSA) is 134 Å². The maximum Gasteiger partial charge on any atom is 0.472 e. The second-order valence-electron chi connectivity index (χ2n) is 14.5. The van der Waals surface area contributed by atoms with Crippen molar-refractivity contribution < 1.29 is 37.6 Å². The lowest BCUT2D eigenvalue weighted by molar-refractivity contribution is -0.161. The number of hydrogen-bond acceptors (Lipinski definition) is 8. The molecule has 0 aromatic rings. The molecule has 0 rings (SSSR count). The lowest BCUT2D eigenvalue weighted by atomic mass is 10.1. The second kappa shape index (κ2) is 41.6. The van der Waals surface area contributed by atoms with Gasteiger partial charge in [-0.15, -0.1) is 0 Å². The van der Waals surface area contributed by atoms with Crippen molar-refractivity contribution in [2.24, 2.45) is 5.73 Å². The van der Waals surface area contributed by atoms with Crippen LogP contribution < -0.4 is 5.73 Å². The van der Waals surface area contributed by atoms with Crippen LogP contribution in [0, 0.1) is 0 Å². The molecule has 55 heavy (non-hydrogen) atoms.